The van der Waals surface area contributed by atoms with Crippen LogP contribution in [-0.4, -0.2) is 6.54 Å². The molecule has 0 aliphatic carbocycles. The summed E-state index contributed by atoms with van der Waals surface area (Å²) in [5, 5.41) is 7.17. The fourth-order valence-electron chi connectivity index (χ4n) is 3.24. The van der Waals surface area contributed by atoms with Gasteiger partial charge in [-0.05, 0) is 52.6 Å². The highest BCUT2D eigenvalue weighted by molar-refractivity contribution is 7.17. The lowest BCUT2D eigenvalue weighted by atomic mass is 9.83. The van der Waals surface area contributed by atoms with Crippen LogP contribution in [-0.2, 0) is 0 Å². The van der Waals surface area contributed by atoms with Crippen LogP contribution in [0.2, 0.25) is 0 Å². The van der Waals surface area contributed by atoms with Gasteiger partial charge in [0, 0.05) is 23.2 Å². The Bertz CT molecular complexity index is 759. The molecule has 0 fully saturated rings. The van der Waals surface area contributed by atoms with Gasteiger partial charge in [-0.3, -0.25) is 0 Å². The quantitative estimate of drug-likeness (QED) is 0.681. The number of hydrogen-bond acceptors (Lipinski definition) is 2. The van der Waals surface area contributed by atoms with Crippen molar-refractivity contribution >= 4 is 21.4 Å². The largest absolute Gasteiger partial charge is 0.309 e. The number of rotatable bonds is 1. The number of hydrogen-bond donors (Lipinski definition) is 1. The van der Waals surface area contributed by atoms with Crippen LogP contribution in [0.15, 0.2) is 53.9 Å². The summed E-state index contributed by atoms with van der Waals surface area (Å²) in [6.07, 6.45) is 0. The van der Waals surface area contributed by atoms with E-state index in [1.54, 1.807) is 0 Å². The van der Waals surface area contributed by atoms with E-state index >= 15 is 0 Å². The van der Waals surface area contributed by atoms with Gasteiger partial charge in [-0.2, -0.15) is 0 Å². The van der Waals surface area contributed by atoms with Gasteiger partial charge in [0.25, 0.3) is 0 Å². The Labute approximate surface area is 123 Å². The molecule has 0 spiro atoms. The molecular weight excluding hydrogens is 262 g/mol. The van der Waals surface area contributed by atoms with E-state index in [9.17, 15) is 0 Å². The van der Waals surface area contributed by atoms with Crippen LogP contribution in [0.5, 0.6) is 0 Å². The molecule has 20 heavy (non-hydrogen) atoms. The zero-order valence-electron chi connectivity index (χ0n) is 11.5. The lowest BCUT2D eigenvalue weighted by Crippen LogP contribution is -2.31. The Kier molecular flexibility index (Phi) is 2.86. The fraction of sp³-hybridized carbons (Fsp3) is 0.222. The highest BCUT2D eigenvalue weighted by atomic mass is 32.1. The first-order chi connectivity index (χ1) is 9.83. The molecule has 100 valence electrons. The molecule has 0 radical (unpaired) electrons. The summed E-state index contributed by atoms with van der Waals surface area (Å²) in [7, 11) is 0. The summed E-state index contributed by atoms with van der Waals surface area (Å²) in [5.41, 5.74) is 4.34. The Morgan fingerprint density at radius 2 is 1.90 bits per heavy atom. The number of thiophene rings is 1. The highest BCUT2D eigenvalue weighted by Gasteiger charge is 2.25. The molecule has 0 saturated heterocycles. The summed E-state index contributed by atoms with van der Waals surface area (Å²) in [6, 6.07) is 18.4. The summed E-state index contributed by atoms with van der Waals surface area (Å²) < 4.78 is 1.37. The Balaban J connectivity index is 1.84. The lowest BCUT2D eigenvalue weighted by molar-refractivity contribution is 0.508. The maximum Gasteiger partial charge on any atom is 0.0342 e. The minimum absolute atomic E-state index is 0.451. The van der Waals surface area contributed by atoms with E-state index in [1.807, 2.05) is 11.3 Å². The molecule has 2 heteroatoms. The first-order valence-corrected chi connectivity index (χ1v) is 8.00. The zero-order chi connectivity index (χ0) is 13.5. The van der Waals surface area contributed by atoms with Gasteiger partial charge in [0.05, 0.1) is 0 Å². The van der Waals surface area contributed by atoms with Crippen molar-refractivity contribution in [1.29, 1.82) is 0 Å². The molecule has 3 aromatic rings. The van der Waals surface area contributed by atoms with Crippen LogP contribution in [0.4, 0.5) is 0 Å². The van der Waals surface area contributed by atoms with Gasteiger partial charge >= 0.3 is 0 Å². The molecule has 1 aromatic heterocycles. The summed E-state index contributed by atoms with van der Waals surface area (Å²) in [5.74, 6) is 0.465. The first-order valence-electron chi connectivity index (χ1n) is 7.12. The Morgan fingerprint density at radius 1 is 1.05 bits per heavy atom. The molecule has 2 atom stereocenters. The maximum atomic E-state index is 3.63. The summed E-state index contributed by atoms with van der Waals surface area (Å²) >= 11 is 1.81. The van der Waals surface area contributed by atoms with Crippen molar-refractivity contribution in [3.63, 3.8) is 0 Å². The van der Waals surface area contributed by atoms with Gasteiger partial charge in [-0.25, -0.2) is 0 Å². The minimum atomic E-state index is 0.451. The van der Waals surface area contributed by atoms with E-state index in [0.717, 1.165) is 6.54 Å². The predicted molar refractivity (Wildman–Crippen MR) is 86.5 cm³/mol. The molecule has 1 nitrogen and oxygen atoms in total. The van der Waals surface area contributed by atoms with E-state index in [4.69, 9.17) is 0 Å². The van der Waals surface area contributed by atoms with E-state index < -0.39 is 0 Å². The summed E-state index contributed by atoms with van der Waals surface area (Å²) in [4.78, 5) is 0. The topological polar surface area (TPSA) is 12.0 Å². The van der Waals surface area contributed by atoms with Crippen molar-refractivity contribution in [2.45, 2.75) is 18.9 Å². The standard InChI is InChI=1S/C18H17NS/c1-12-15-4-2-3-5-16(15)17(11-19-12)13-6-7-18-14(10-13)8-9-20-18/h2-10,12,17,19H,11H2,1H3. The monoisotopic (exact) mass is 279 g/mol. The van der Waals surface area contributed by atoms with Crippen molar-refractivity contribution in [1.82, 2.24) is 5.32 Å². The molecule has 0 saturated carbocycles. The van der Waals surface area contributed by atoms with Crippen LogP contribution in [0.1, 0.15) is 35.6 Å². The molecule has 0 amide bonds. The third kappa shape index (κ3) is 1.88. The summed E-state index contributed by atoms with van der Waals surface area (Å²) in [6.45, 7) is 3.27. The fourth-order valence-corrected chi connectivity index (χ4v) is 4.01. The molecular formula is C18H17NS. The second kappa shape index (κ2) is 4.72. The van der Waals surface area contributed by atoms with E-state index in [0.29, 0.717) is 12.0 Å². The Morgan fingerprint density at radius 3 is 2.80 bits per heavy atom. The van der Waals surface area contributed by atoms with Gasteiger partial charge in [-0.15, -0.1) is 11.3 Å². The average Bonchev–Trinajstić information content (AvgIpc) is 2.95. The van der Waals surface area contributed by atoms with Gasteiger partial charge < -0.3 is 5.32 Å². The normalized spacial score (nSPS) is 21.9. The predicted octanol–water partition coefficient (Wildman–Crippen LogP) is 4.70. The first kappa shape index (κ1) is 12.1. The number of benzene rings is 2. The maximum absolute atomic E-state index is 3.63. The van der Waals surface area contributed by atoms with Gasteiger partial charge in [0.15, 0.2) is 0 Å². The van der Waals surface area contributed by atoms with Crippen molar-refractivity contribution in [3.8, 4) is 0 Å². The van der Waals surface area contributed by atoms with Crippen molar-refractivity contribution in [2.24, 2.45) is 0 Å². The molecule has 4 rings (SSSR count). The van der Waals surface area contributed by atoms with Crippen molar-refractivity contribution in [3.05, 3.63) is 70.6 Å². The third-order valence-corrected chi connectivity index (χ3v) is 5.24. The number of fused-ring (bicyclic) bond motifs is 2. The smallest absolute Gasteiger partial charge is 0.0342 e. The van der Waals surface area contributed by atoms with E-state index in [1.165, 1.54) is 26.8 Å². The molecule has 1 aliphatic rings. The molecule has 0 bridgehead atoms. The van der Waals surface area contributed by atoms with Crippen LogP contribution < -0.4 is 5.32 Å². The van der Waals surface area contributed by atoms with Crippen molar-refractivity contribution in [2.75, 3.05) is 6.54 Å². The van der Waals surface area contributed by atoms with Gasteiger partial charge in [-0.1, -0.05) is 30.3 Å². The van der Waals surface area contributed by atoms with Gasteiger partial charge in [0.2, 0.25) is 0 Å². The second-order valence-electron chi connectivity index (χ2n) is 5.53. The van der Waals surface area contributed by atoms with E-state index in [2.05, 4.69) is 66.2 Å². The molecule has 2 aromatic carbocycles. The average molecular weight is 279 g/mol. The highest BCUT2D eigenvalue weighted by Crippen LogP contribution is 2.35. The van der Waals surface area contributed by atoms with Gasteiger partial charge in [0.1, 0.15) is 0 Å². The number of nitrogens with one attached hydrogen (secondary N) is 1. The minimum Gasteiger partial charge on any atom is -0.309 e. The lowest BCUT2D eigenvalue weighted by Gasteiger charge is -2.31. The molecule has 1 aliphatic heterocycles. The zero-order valence-corrected chi connectivity index (χ0v) is 12.3. The van der Waals surface area contributed by atoms with Crippen LogP contribution in [0, 0.1) is 0 Å². The van der Waals surface area contributed by atoms with E-state index in [-0.39, 0.29) is 0 Å². The second-order valence-corrected chi connectivity index (χ2v) is 6.48. The van der Waals surface area contributed by atoms with Crippen molar-refractivity contribution < 1.29 is 0 Å². The third-order valence-electron chi connectivity index (χ3n) is 4.34. The molecule has 2 heterocycles. The van der Waals surface area contributed by atoms with Crippen LogP contribution in [0.3, 0.4) is 0 Å². The Hall–Kier alpha value is -1.64. The van der Waals surface area contributed by atoms with Crippen LogP contribution in [0.25, 0.3) is 10.1 Å². The van der Waals surface area contributed by atoms with Crippen LogP contribution >= 0.6 is 11.3 Å². The molecule has 1 N–H and O–H groups in total. The molecule has 2 unspecified atom stereocenters. The SMILES string of the molecule is CC1NCC(c2ccc3sccc3c2)c2ccccc21.